The molecular weight excluding hydrogens is 226 g/mol. The van der Waals surface area contributed by atoms with Crippen LogP contribution in [0.1, 0.15) is 12.8 Å². The molecule has 4 nitrogen and oxygen atoms in total. The van der Waals surface area contributed by atoms with Crippen LogP contribution >= 0.6 is 0 Å². The van der Waals surface area contributed by atoms with Crippen molar-refractivity contribution in [2.45, 2.75) is 18.9 Å². The Labute approximate surface area is 108 Å². The average molecular weight is 247 g/mol. The van der Waals surface area contributed by atoms with Gasteiger partial charge < -0.3 is 10.0 Å². The van der Waals surface area contributed by atoms with Gasteiger partial charge in [0.15, 0.2) is 0 Å². The molecule has 1 N–H and O–H groups in total. The molecule has 4 heteroatoms. The number of rotatable bonds is 4. The number of nitrogens with zero attached hydrogens (tertiary/aromatic N) is 3. The predicted octanol–water partition coefficient (Wildman–Crippen LogP) is 0.974. The van der Waals surface area contributed by atoms with Gasteiger partial charge in [0.2, 0.25) is 0 Å². The van der Waals surface area contributed by atoms with Crippen LogP contribution < -0.4 is 4.90 Å². The minimum atomic E-state index is -0.105. The van der Waals surface area contributed by atoms with Gasteiger partial charge in [-0.15, -0.1) is 0 Å². The van der Waals surface area contributed by atoms with Crippen molar-refractivity contribution < 1.29 is 5.11 Å². The second kappa shape index (κ2) is 5.24. The Morgan fingerprint density at radius 3 is 2.61 bits per heavy atom. The van der Waals surface area contributed by atoms with E-state index in [9.17, 15) is 5.11 Å². The predicted molar refractivity (Wildman–Crippen MR) is 71.6 cm³/mol. The Hall–Kier alpha value is -1.13. The first-order chi connectivity index (χ1) is 8.83. The van der Waals surface area contributed by atoms with Crippen molar-refractivity contribution in [1.82, 2.24) is 9.88 Å². The molecular formula is C14H21N3O. The lowest BCUT2D eigenvalue weighted by molar-refractivity contribution is 0.0921. The normalized spacial score (nSPS) is 23.1. The van der Waals surface area contributed by atoms with Crippen molar-refractivity contribution in [3.05, 3.63) is 24.4 Å². The summed E-state index contributed by atoms with van der Waals surface area (Å²) in [5.41, 5.74) is 0. The van der Waals surface area contributed by atoms with E-state index >= 15 is 0 Å². The largest absolute Gasteiger partial charge is 0.392 e. The van der Waals surface area contributed by atoms with Gasteiger partial charge in [-0.2, -0.15) is 0 Å². The van der Waals surface area contributed by atoms with Gasteiger partial charge in [0, 0.05) is 38.9 Å². The number of aliphatic hydroxyl groups is 1. The van der Waals surface area contributed by atoms with Crippen LogP contribution in [-0.2, 0) is 0 Å². The van der Waals surface area contributed by atoms with Crippen molar-refractivity contribution in [3.8, 4) is 0 Å². The molecule has 2 aliphatic rings. The summed E-state index contributed by atoms with van der Waals surface area (Å²) in [7, 11) is 0. The molecule has 0 radical (unpaired) electrons. The summed E-state index contributed by atoms with van der Waals surface area (Å²) in [4.78, 5) is 9.08. The Balaban J connectivity index is 1.48. The van der Waals surface area contributed by atoms with E-state index in [0.717, 1.165) is 38.5 Å². The van der Waals surface area contributed by atoms with E-state index in [1.807, 2.05) is 18.3 Å². The van der Waals surface area contributed by atoms with E-state index in [0.29, 0.717) is 5.92 Å². The zero-order valence-corrected chi connectivity index (χ0v) is 10.7. The lowest BCUT2D eigenvalue weighted by atomic mass is 10.2. The zero-order valence-electron chi connectivity index (χ0n) is 10.7. The van der Waals surface area contributed by atoms with Crippen LogP contribution in [-0.4, -0.2) is 53.8 Å². The topological polar surface area (TPSA) is 39.6 Å². The van der Waals surface area contributed by atoms with Gasteiger partial charge in [-0.1, -0.05) is 6.07 Å². The highest BCUT2D eigenvalue weighted by atomic mass is 16.3. The van der Waals surface area contributed by atoms with Crippen LogP contribution in [0.15, 0.2) is 24.4 Å². The number of hydrogen-bond donors (Lipinski definition) is 1. The van der Waals surface area contributed by atoms with Crippen molar-refractivity contribution in [2.24, 2.45) is 5.92 Å². The number of hydrogen-bond acceptors (Lipinski definition) is 4. The molecule has 1 aliphatic heterocycles. The number of aromatic nitrogens is 1. The number of piperazine rings is 1. The summed E-state index contributed by atoms with van der Waals surface area (Å²) in [6.45, 7) is 4.92. The van der Waals surface area contributed by atoms with E-state index in [2.05, 4.69) is 20.9 Å². The average Bonchev–Trinajstić information content (AvgIpc) is 3.25. The summed E-state index contributed by atoms with van der Waals surface area (Å²) in [6, 6.07) is 6.05. The fourth-order valence-electron chi connectivity index (χ4n) is 2.59. The van der Waals surface area contributed by atoms with Crippen molar-refractivity contribution in [1.29, 1.82) is 0 Å². The molecule has 1 atom stereocenters. The van der Waals surface area contributed by atoms with Crippen LogP contribution in [0.25, 0.3) is 0 Å². The molecule has 0 aromatic carbocycles. The van der Waals surface area contributed by atoms with Crippen molar-refractivity contribution in [2.75, 3.05) is 37.6 Å². The van der Waals surface area contributed by atoms with Crippen molar-refractivity contribution >= 4 is 5.82 Å². The highest BCUT2D eigenvalue weighted by Gasteiger charge is 2.31. The summed E-state index contributed by atoms with van der Waals surface area (Å²) in [5, 5.41) is 9.96. The maximum absolute atomic E-state index is 9.96. The monoisotopic (exact) mass is 247 g/mol. The van der Waals surface area contributed by atoms with Gasteiger partial charge in [0.05, 0.1) is 6.10 Å². The third-order valence-electron chi connectivity index (χ3n) is 3.96. The van der Waals surface area contributed by atoms with Crippen LogP contribution in [0.2, 0.25) is 0 Å². The van der Waals surface area contributed by atoms with E-state index in [-0.39, 0.29) is 6.10 Å². The van der Waals surface area contributed by atoms with Gasteiger partial charge in [0.25, 0.3) is 0 Å². The van der Waals surface area contributed by atoms with Gasteiger partial charge in [-0.05, 0) is 30.9 Å². The molecule has 1 saturated carbocycles. The molecule has 1 unspecified atom stereocenters. The molecule has 0 spiro atoms. The lowest BCUT2D eigenvalue weighted by Crippen LogP contribution is -2.49. The molecule has 2 fully saturated rings. The number of pyridine rings is 1. The number of anilines is 1. The summed E-state index contributed by atoms with van der Waals surface area (Å²) in [5.74, 6) is 1.65. The Morgan fingerprint density at radius 2 is 2.00 bits per heavy atom. The first kappa shape index (κ1) is 11.9. The maximum Gasteiger partial charge on any atom is 0.128 e. The Morgan fingerprint density at radius 1 is 1.22 bits per heavy atom. The highest BCUT2D eigenvalue weighted by molar-refractivity contribution is 5.38. The number of β-amino-alcohol motifs (C(OH)–C–C–N with tert-alkyl or cyclic N) is 1. The highest BCUT2D eigenvalue weighted by Crippen LogP contribution is 2.32. The summed E-state index contributed by atoms with van der Waals surface area (Å²) >= 11 is 0. The quantitative estimate of drug-likeness (QED) is 0.861. The zero-order chi connectivity index (χ0) is 12.4. The fraction of sp³-hybridized carbons (Fsp3) is 0.643. The molecule has 0 amide bonds. The molecule has 2 heterocycles. The SMILES string of the molecule is OC(CN1CCN(c2ccccn2)CC1)C1CC1. The minimum absolute atomic E-state index is 0.105. The molecule has 1 aliphatic carbocycles. The van der Waals surface area contributed by atoms with E-state index in [1.54, 1.807) is 0 Å². The molecule has 1 saturated heterocycles. The second-order valence-corrected chi connectivity index (χ2v) is 5.38. The Kier molecular flexibility index (Phi) is 3.48. The second-order valence-electron chi connectivity index (χ2n) is 5.38. The number of aliphatic hydroxyl groups excluding tert-OH is 1. The molecule has 1 aromatic heterocycles. The van der Waals surface area contributed by atoms with Crippen LogP contribution in [0.5, 0.6) is 0 Å². The van der Waals surface area contributed by atoms with Crippen LogP contribution in [0, 0.1) is 5.92 Å². The van der Waals surface area contributed by atoms with Gasteiger partial charge in [0.1, 0.15) is 5.82 Å². The summed E-state index contributed by atoms with van der Waals surface area (Å²) < 4.78 is 0. The fourth-order valence-corrected chi connectivity index (χ4v) is 2.59. The first-order valence-electron chi connectivity index (χ1n) is 6.89. The van der Waals surface area contributed by atoms with E-state index in [4.69, 9.17) is 0 Å². The van der Waals surface area contributed by atoms with E-state index in [1.165, 1.54) is 12.8 Å². The van der Waals surface area contributed by atoms with Crippen molar-refractivity contribution in [3.63, 3.8) is 0 Å². The third-order valence-corrected chi connectivity index (χ3v) is 3.96. The summed E-state index contributed by atoms with van der Waals surface area (Å²) in [6.07, 6.45) is 4.18. The molecule has 98 valence electrons. The molecule has 1 aromatic rings. The van der Waals surface area contributed by atoms with Crippen LogP contribution in [0.3, 0.4) is 0 Å². The van der Waals surface area contributed by atoms with Crippen LogP contribution in [0.4, 0.5) is 5.82 Å². The molecule has 0 bridgehead atoms. The Bertz CT molecular complexity index is 372. The minimum Gasteiger partial charge on any atom is -0.392 e. The maximum atomic E-state index is 9.96. The van der Waals surface area contributed by atoms with Gasteiger partial charge >= 0.3 is 0 Å². The standard InChI is InChI=1S/C14H21N3O/c18-13(12-4-5-12)11-16-7-9-17(10-8-16)14-3-1-2-6-15-14/h1-3,6,12-13,18H,4-5,7-11H2. The molecule has 3 rings (SSSR count). The lowest BCUT2D eigenvalue weighted by Gasteiger charge is -2.36. The molecule has 18 heavy (non-hydrogen) atoms. The van der Waals surface area contributed by atoms with E-state index < -0.39 is 0 Å². The van der Waals surface area contributed by atoms with Gasteiger partial charge in [-0.3, -0.25) is 4.90 Å². The smallest absolute Gasteiger partial charge is 0.128 e. The third kappa shape index (κ3) is 2.82. The first-order valence-corrected chi connectivity index (χ1v) is 6.89. The van der Waals surface area contributed by atoms with Gasteiger partial charge in [-0.25, -0.2) is 4.98 Å².